The van der Waals surface area contributed by atoms with E-state index < -0.39 is 0 Å². The maximum atomic E-state index is 11.8. The van der Waals surface area contributed by atoms with Gasteiger partial charge < -0.3 is 10.2 Å². The lowest BCUT2D eigenvalue weighted by molar-refractivity contribution is -0.148. The van der Waals surface area contributed by atoms with E-state index in [0.29, 0.717) is 6.04 Å². The van der Waals surface area contributed by atoms with Crippen LogP contribution in [-0.2, 0) is 9.59 Å². The van der Waals surface area contributed by atoms with Crippen molar-refractivity contribution >= 4 is 11.8 Å². The highest BCUT2D eigenvalue weighted by Crippen LogP contribution is 2.25. The molecule has 0 aromatic rings. The Bertz CT molecular complexity index is 272. The first-order valence-corrected chi connectivity index (χ1v) is 5.79. The fourth-order valence-corrected chi connectivity index (χ4v) is 2.62. The van der Waals surface area contributed by atoms with Gasteiger partial charge in [0, 0.05) is 6.04 Å². The summed E-state index contributed by atoms with van der Waals surface area (Å²) in [6.07, 6.45) is 5.75. The number of amides is 2. The quantitative estimate of drug-likeness (QED) is 0.691. The van der Waals surface area contributed by atoms with E-state index in [1.807, 2.05) is 6.92 Å². The summed E-state index contributed by atoms with van der Waals surface area (Å²) < 4.78 is 0. The van der Waals surface area contributed by atoms with Crippen LogP contribution >= 0.6 is 0 Å². The topological polar surface area (TPSA) is 49.4 Å². The molecule has 0 spiro atoms. The zero-order chi connectivity index (χ0) is 10.8. The molecule has 1 N–H and O–H groups in total. The van der Waals surface area contributed by atoms with Crippen molar-refractivity contribution in [2.45, 2.75) is 51.1 Å². The molecule has 2 amide bonds. The lowest BCUT2D eigenvalue weighted by Crippen LogP contribution is -2.60. The van der Waals surface area contributed by atoms with Crippen molar-refractivity contribution in [2.75, 3.05) is 6.54 Å². The van der Waals surface area contributed by atoms with Crippen LogP contribution in [0.5, 0.6) is 0 Å². The third-order valence-electron chi connectivity index (χ3n) is 3.47. The molecule has 1 atom stereocenters. The molecular formula is C11H18N2O2. The van der Waals surface area contributed by atoms with Crippen LogP contribution in [0.4, 0.5) is 0 Å². The molecule has 2 fully saturated rings. The van der Waals surface area contributed by atoms with Gasteiger partial charge in [-0.05, 0) is 19.8 Å². The molecule has 1 saturated heterocycles. The normalized spacial score (nSPS) is 29.1. The van der Waals surface area contributed by atoms with Gasteiger partial charge in [0.25, 0.3) is 0 Å². The van der Waals surface area contributed by atoms with Crippen molar-refractivity contribution in [2.24, 2.45) is 0 Å². The summed E-state index contributed by atoms with van der Waals surface area (Å²) in [4.78, 5) is 25.1. The zero-order valence-electron chi connectivity index (χ0n) is 9.16. The van der Waals surface area contributed by atoms with Crippen LogP contribution in [0.25, 0.3) is 0 Å². The SMILES string of the molecule is CC1C(=O)NCC(=O)N1C1CCCCC1. The minimum absolute atomic E-state index is 0.0137. The van der Waals surface area contributed by atoms with Gasteiger partial charge in [0.05, 0.1) is 6.54 Å². The molecule has 1 aliphatic carbocycles. The van der Waals surface area contributed by atoms with Crippen molar-refractivity contribution < 1.29 is 9.59 Å². The highest BCUT2D eigenvalue weighted by atomic mass is 16.2. The van der Waals surface area contributed by atoms with Crippen LogP contribution in [-0.4, -0.2) is 35.3 Å². The predicted molar refractivity (Wildman–Crippen MR) is 56.2 cm³/mol. The maximum Gasteiger partial charge on any atom is 0.242 e. The molecule has 2 aliphatic rings. The van der Waals surface area contributed by atoms with Gasteiger partial charge in [0.15, 0.2) is 0 Å². The summed E-state index contributed by atoms with van der Waals surface area (Å²) in [6, 6.07) is 0.0154. The molecule has 0 bridgehead atoms. The van der Waals surface area contributed by atoms with Gasteiger partial charge in [-0.2, -0.15) is 0 Å². The predicted octanol–water partition coefficient (Wildman–Crippen LogP) is 0.666. The monoisotopic (exact) mass is 210 g/mol. The second-order valence-electron chi connectivity index (χ2n) is 4.49. The van der Waals surface area contributed by atoms with Crippen LogP contribution in [0.2, 0.25) is 0 Å². The van der Waals surface area contributed by atoms with Crippen molar-refractivity contribution in [3.05, 3.63) is 0 Å². The Morgan fingerprint density at radius 3 is 2.53 bits per heavy atom. The summed E-state index contributed by atoms with van der Waals surface area (Å²) in [7, 11) is 0. The molecule has 0 aromatic heterocycles. The van der Waals surface area contributed by atoms with E-state index in [0.717, 1.165) is 12.8 Å². The third-order valence-corrected chi connectivity index (χ3v) is 3.47. The molecule has 4 nitrogen and oxygen atoms in total. The number of hydrogen-bond acceptors (Lipinski definition) is 2. The van der Waals surface area contributed by atoms with E-state index in [4.69, 9.17) is 0 Å². The Morgan fingerprint density at radius 2 is 1.87 bits per heavy atom. The summed E-state index contributed by atoms with van der Waals surface area (Å²) >= 11 is 0. The number of piperazine rings is 1. The Balaban J connectivity index is 2.09. The first-order valence-electron chi connectivity index (χ1n) is 5.79. The van der Waals surface area contributed by atoms with Gasteiger partial charge in [-0.3, -0.25) is 9.59 Å². The molecule has 84 valence electrons. The molecule has 1 unspecified atom stereocenters. The summed E-state index contributed by atoms with van der Waals surface area (Å²) in [5.74, 6) is 0.0640. The van der Waals surface area contributed by atoms with Crippen molar-refractivity contribution in [3.63, 3.8) is 0 Å². The van der Waals surface area contributed by atoms with Gasteiger partial charge in [0.2, 0.25) is 11.8 Å². The van der Waals surface area contributed by atoms with Crippen molar-refractivity contribution in [3.8, 4) is 0 Å². The summed E-state index contributed by atoms with van der Waals surface area (Å²) in [5, 5.41) is 2.62. The van der Waals surface area contributed by atoms with Gasteiger partial charge in [0.1, 0.15) is 6.04 Å². The lowest BCUT2D eigenvalue weighted by atomic mass is 9.92. The lowest BCUT2D eigenvalue weighted by Gasteiger charge is -2.40. The molecule has 15 heavy (non-hydrogen) atoms. The molecule has 1 aliphatic heterocycles. The van der Waals surface area contributed by atoms with Gasteiger partial charge in [-0.1, -0.05) is 19.3 Å². The molecule has 0 aromatic carbocycles. The Labute approximate surface area is 90.0 Å². The van der Waals surface area contributed by atoms with Crippen LogP contribution < -0.4 is 5.32 Å². The maximum absolute atomic E-state index is 11.8. The number of carbonyl (C=O) groups is 2. The minimum Gasteiger partial charge on any atom is -0.345 e. The van der Waals surface area contributed by atoms with E-state index in [-0.39, 0.29) is 24.4 Å². The first-order chi connectivity index (χ1) is 7.20. The molecule has 0 radical (unpaired) electrons. The van der Waals surface area contributed by atoms with E-state index in [1.54, 1.807) is 4.90 Å². The average molecular weight is 210 g/mol. The van der Waals surface area contributed by atoms with Crippen molar-refractivity contribution in [1.82, 2.24) is 10.2 Å². The van der Waals surface area contributed by atoms with E-state index in [2.05, 4.69) is 5.32 Å². The fraction of sp³-hybridized carbons (Fsp3) is 0.818. The second kappa shape index (κ2) is 4.21. The standard InChI is InChI=1S/C11H18N2O2/c1-8-11(15)12-7-10(14)13(8)9-5-3-2-4-6-9/h8-9H,2-7H2,1H3,(H,12,15). The largest absolute Gasteiger partial charge is 0.345 e. The Morgan fingerprint density at radius 1 is 1.20 bits per heavy atom. The van der Waals surface area contributed by atoms with E-state index >= 15 is 0 Å². The van der Waals surface area contributed by atoms with Gasteiger partial charge in [-0.15, -0.1) is 0 Å². The van der Waals surface area contributed by atoms with Crippen LogP contribution in [0, 0.1) is 0 Å². The van der Waals surface area contributed by atoms with Gasteiger partial charge >= 0.3 is 0 Å². The Kier molecular flexibility index (Phi) is 2.93. The molecule has 1 heterocycles. The minimum atomic E-state index is -0.283. The summed E-state index contributed by atoms with van der Waals surface area (Å²) in [6.45, 7) is 2.00. The molecule has 4 heteroatoms. The highest BCUT2D eigenvalue weighted by molar-refractivity contribution is 5.94. The summed E-state index contributed by atoms with van der Waals surface area (Å²) in [5.41, 5.74) is 0. The van der Waals surface area contributed by atoms with Gasteiger partial charge in [-0.25, -0.2) is 0 Å². The second-order valence-corrected chi connectivity index (χ2v) is 4.49. The van der Waals surface area contributed by atoms with Crippen LogP contribution in [0.3, 0.4) is 0 Å². The number of nitrogens with zero attached hydrogens (tertiary/aromatic N) is 1. The Hall–Kier alpha value is -1.06. The molecule has 2 rings (SSSR count). The van der Waals surface area contributed by atoms with E-state index in [9.17, 15) is 9.59 Å². The third kappa shape index (κ3) is 1.98. The smallest absolute Gasteiger partial charge is 0.242 e. The number of nitrogens with one attached hydrogen (secondary N) is 1. The van der Waals surface area contributed by atoms with Crippen LogP contribution in [0.1, 0.15) is 39.0 Å². The highest BCUT2D eigenvalue weighted by Gasteiger charge is 2.36. The number of carbonyl (C=O) groups excluding carboxylic acids is 2. The fourth-order valence-electron chi connectivity index (χ4n) is 2.62. The average Bonchev–Trinajstić information content (AvgIpc) is 2.26. The zero-order valence-corrected chi connectivity index (χ0v) is 9.16. The molecular weight excluding hydrogens is 192 g/mol. The van der Waals surface area contributed by atoms with Crippen molar-refractivity contribution in [1.29, 1.82) is 0 Å². The van der Waals surface area contributed by atoms with E-state index in [1.165, 1.54) is 19.3 Å². The van der Waals surface area contributed by atoms with Crippen LogP contribution in [0.15, 0.2) is 0 Å². The number of rotatable bonds is 1. The first kappa shape index (κ1) is 10.5. The molecule has 1 saturated carbocycles. The number of hydrogen-bond donors (Lipinski definition) is 1.